The first-order valence-corrected chi connectivity index (χ1v) is 8.09. The lowest BCUT2D eigenvalue weighted by Gasteiger charge is -2.22. The normalized spacial score (nSPS) is 12.0. The summed E-state index contributed by atoms with van der Waals surface area (Å²) in [5, 5.41) is 11.8. The third-order valence-corrected chi connectivity index (χ3v) is 4.27. The highest BCUT2D eigenvalue weighted by molar-refractivity contribution is 7.09. The number of aromatic nitrogens is 2. The maximum absolute atomic E-state index is 12.5. The van der Waals surface area contributed by atoms with Crippen LogP contribution in [-0.4, -0.2) is 47.1 Å². The van der Waals surface area contributed by atoms with Gasteiger partial charge >= 0.3 is 0 Å². The van der Waals surface area contributed by atoms with Crippen LogP contribution in [0.5, 0.6) is 0 Å². The molecule has 0 saturated heterocycles. The quantitative estimate of drug-likeness (QED) is 0.773. The standard InChI is InChI=1S/C15H21N5O2S/c1-16-14(11-7-18-20(3)9-11)15(22)19(2)10-13(21)17-8-12-5-4-6-23-12/h4-7,9,14,16H,8,10H2,1-3H3,(H,17,21). The Kier molecular flexibility index (Phi) is 5.89. The van der Waals surface area contributed by atoms with Crippen LogP contribution in [0.4, 0.5) is 0 Å². The van der Waals surface area contributed by atoms with Crippen LogP contribution in [0.3, 0.4) is 0 Å². The van der Waals surface area contributed by atoms with Crippen LogP contribution in [0.1, 0.15) is 16.5 Å². The van der Waals surface area contributed by atoms with Crippen molar-refractivity contribution in [2.24, 2.45) is 7.05 Å². The monoisotopic (exact) mass is 335 g/mol. The maximum Gasteiger partial charge on any atom is 0.244 e. The van der Waals surface area contributed by atoms with E-state index in [1.165, 1.54) is 4.90 Å². The smallest absolute Gasteiger partial charge is 0.244 e. The molecular weight excluding hydrogens is 314 g/mol. The fourth-order valence-electron chi connectivity index (χ4n) is 2.19. The van der Waals surface area contributed by atoms with Crippen molar-refractivity contribution in [2.45, 2.75) is 12.6 Å². The minimum absolute atomic E-state index is 0.0165. The third kappa shape index (κ3) is 4.64. The van der Waals surface area contributed by atoms with Gasteiger partial charge in [0.2, 0.25) is 11.8 Å². The van der Waals surface area contributed by atoms with Gasteiger partial charge in [-0.2, -0.15) is 5.10 Å². The van der Waals surface area contributed by atoms with Gasteiger partial charge in [0, 0.05) is 30.7 Å². The van der Waals surface area contributed by atoms with Gasteiger partial charge in [0.15, 0.2) is 0 Å². The number of thiophene rings is 1. The van der Waals surface area contributed by atoms with Crippen LogP contribution in [0.15, 0.2) is 29.9 Å². The Balaban J connectivity index is 1.89. The van der Waals surface area contributed by atoms with Crippen molar-refractivity contribution in [3.63, 3.8) is 0 Å². The molecule has 7 nitrogen and oxygen atoms in total. The van der Waals surface area contributed by atoms with Crippen molar-refractivity contribution in [3.8, 4) is 0 Å². The fraction of sp³-hybridized carbons (Fsp3) is 0.400. The van der Waals surface area contributed by atoms with E-state index in [0.29, 0.717) is 6.54 Å². The zero-order chi connectivity index (χ0) is 16.8. The second-order valence-corrected chi connectivity index (χ2v) is 6.25. The van der Waals surface area contributed by atoms with Crippen LogP contribution in [0.25, 0.3) is 0 Å². The number of hydrogen-bond acceptors (Lipinski definition) is 5. The van der Waals surface area contributed by atoms with Crippen molar-refractivity contribution in [1.82, 2.24) is 25.3 Å². The SMILES string of the molecule is CNC(C(=O)N(C)CC(=O)NCc1cccs1)c1cnn(C)c1. The Morgan fingerprint density at radius 2 is 2.26 bits per heavy atom. The summed E-state index contributed by atoms with van der Waals surface area (Å²) in [4.78, 5) is 27.0. The van der Waals surface area contributed by atoms with Crippen molar-refractivity contribution in [2.75, 3.05) is 20.6 Å². The molecule has 2 aromatic rings. The van der Waals surface area contributed by atoms with Crippen molar-refractivity contribution < 1.29 is 9.59 Å². The Hall–Kier alpha value is -2.19. The molecule has 0 aliphatic carbocycles. The highest BCUT2D eigenvalue weighted by Gasteiger charge is 2.24. The first-order chi connectivity index (χ1) is 11.0. The number of likely N-dealkylation sites (N-methyl/N-ethyl adjacent to an activating group) is 2. The molecule has 0 aliphatic heterocycles. The minimum atomic E-state index is -0.515. The first-order valence-electron chi connectivity index (χ1n) is 7.21. The highest BCUT2D eigenvalue weighted by Crippen LogP contribution is 2.14. The number of amides is 2. The summed E-state index contributed by atoms with van der Waals surface area (Å²) in [7, 11) is 5.12. The predicted molar refractivity (Wildman–Crippen MR) is 88.8 cm³/mol. The van der Waals surface area contributed by atoms with Crippen LogP contribution in [0, 0.1) is 0 Å². The number of rotatable bonds is 7. The molecule has 2 N–H and O–H groups in total. The van der Waals surface area contributed by atoms with Crippen molar-refractivity contribution >= 4 is 23.2 Å². The van der Waals surface area contributed by atoms with Gasteiger partial charge in [-0.25, -0.2) is 0 Å². The van der Waals surface area contributed by atoms with E-state index in [0.717, 1.165) is 10.4 Å². The van der Waals surface area contributed by atoms with E-state index in [-0.39, 0.29) is 18.4 Å². The van der Waals surface area contributed by atoms with E-state index in [2.05, 4.69) is 15.7 Å². The van der Waals surface area contributed by atoms with Gasteiger partial charge in [-0.15, -0.1) is 11.3 Å². The maximum atomic E-state index is 12.5. The molecule has 0 fully saturated rings. The molecule has 1 atom stereocenters. The molecule has 0 aliphatic rings. The summed E-state index contributed by atoms with van der Waals surface area (Å²) in [6.07, 6.45) is 3.42. The minimum Gasteiger partial charge on any atom is -0.350 e. The van der Waals surface area contributed by atoms with E-state index in [1.807, 2.05) is 17.5 Å². The molecule has 1 unspecified atom stereocenters. The molecule has 0 radical (unpaired) electrons. The number of hydrogen-bond donors (Lipinski definition) is 2. The number of nitrogens with zero attached hydrogens (tertiary/aromatic N) is 3. The summed E-state index contributed by atoms with van der Waals surface area (Å²) in [6.45, 7) is 0.499. The van der Waals surface area contributed by atoms with Gasteiger partial charge in [0.05, 0.1) is 19.3 Å². The summed E-state index contributed by atoms with van der Waals surface area (Å²) in [5.41, 5.74) is 0.769. The zero-order valence-electron chi connectivity index (χ0n) is 13.4. The summed E-state index contributed by atoms with van der Waals surface area (Å²) in [5.74, 6) is -0.359. The third-order valence-electron chi connectivity index (χ3n) is 3.39. The lowest BCUT2D eigenvalue weighted by molar-refractivity contribution is -0.136. The predicted octanol–water partition coefficient (Wildman–Crippen LogP) is 0.517. The topological polar surface area (TPSA) is 79.3 Å². The molecular formula is C15H21N5O2S. The Morgan fingerprint density at radius 3 is 2.83 bits per heavy atom. The Labute approximate surface area is 139 Å². The second kappa shape index (κ2) is 7.89. The molecule has 0 aromatic carbocycles. The van der Waals surface area contributed by atoms with E-state index in [1.54, 1.807) is 49.6 Å². The first kappa shape index (κ1) is 17.2. The van der Waals surface area contributed by atoms with Gasteiger partial charge < -0.3 is 15.5 Å². The zero-order valence-corrected chi connectivity index (χ0v) is 14.3. The molecule has 2 amide bonds. The number of carbonyl (C=O) groups is 2. The summed E-state index contributed by atoms with van der Waals surface area (Å²) in [6, 6.07) is 3.38. The molecule has 2 aromatic heterocycles. The lowest BCUT2D eigenvalue weighted by atomic mass is 10.1. The number of carbonyl (C=O) groups excluding carboxylic acids is 2. The summed E-state index contributed by atoms with van der Waals surface area (Å²) >= 11 is 1.58. The lowest BCUT2D eigenvalue weighted by Crippen LogP contribution is -2.42. The average Bonchev–Trinajstić information content (AvgIpc) is 3.17. The van der Waals surface area contributed by atoms with Gasteiger partial charge in [-0.05, 0) is 18.5 Å². The van der Waals surface area contributed by atoms with Crippen molar-refractivity contribution in [3.05, 3.63) is 40.3 Å². The molecule has 0 spiro atoms. The van der Waals surface area contributed by atoms with Gasteiger partial charge in [0.25, 0.3) is 0 Å². The van der Waals surface area contributed by atoms with E-state index >= 15 is 0 Å². The van der Waals surface area contributed by atoms with E-state index < -0.39 is 6.04 Å². The molecule has 124 valence electrons. The van der Waals surface area contributed by atoms with Gasteiger partial charge in [-0.1, -0.05) is 6.07 Å². The van der Waals surface area contributed by atoms with Crippen molar-refractivity contribution in [1.29, 1.82) is 0 Å². The second-order valence-electron chi connectivity index (χ2n) is 5.22. The Morgan fingerprint density at radius 1 is 1.48 bits per heavy atom. The molecule has 2 rings (SSSR count). The molecule has 2 heterocycles. The molecule has 8 heteroatoms. The van der Waals surface area contributed by atoms with E-state index in [9.17, 15) is 9.59 Å². The number of aryl methyl sites for hydroxylation is 1. The number of nitrogens with one attached hydrogen (secondary N) is 2. The van der Waals surface area contributed by atoms with Crippen LogP contribution < -0.4 is 10.6 Å². The highest BCUT2D eigenvalue weighted by atomic mass is 32.1. The van der Waals surface area contributed by atoms with Gasteiger partial charge in [0.1, 0.15) is 6.04 Å². The average molecular weight is 335 g/mol. The Bertz CT molecular complexity index is 653. The molecule has 23 heavy (non-hydrogen) atoms. The van der Waals surface area contributed by atoms with Gasteiger partial charge in [-0.3, -0.25) is 14.3 Å². The molecule has 0 bridgehead atoms. The van der Waals surface area contributed by atoms with Crippen LogP contribution in [0.2, 0.25) is 0 Å². The van der Waals surface area contributed by atoms with Crippen LogP contribution in [-0.2, 0) is 23.2 Å². The van der Waals surface area contributed by atoms with Crippen LogP contribution >= 0.6 is 11.3 Å². The van der Waals surface area contributed by atoms with E-state index in [4.69, 9.17) is 0 Å². The fourth-order valence-corrected chi connectivity index (χ4v) is 2.83. The summed E-state index contributed by atoms with van der Waals surface area (Å²) < 4.78 is 1.64. The largest absolute Gasteiger partial charge is 0.350 e. The molecule has 0 saturated carbocycles.